The molecule has 6 heteroatoms. The largest absolute Gasteiger partial charge is 0.484 e. The molecule has 0 spiro atoms. The predicted octanol–water partition coefficient (Wildman–Crippen LogP) is 3.43. The molecule has 1 aliphatic carbocycles. The Labute approximate surface area is 121 Å². The Morgan fingerprint density at radius 1 is 1.19 bits per heavy atom. The molecular formula is C15H18F3NO2. The smallest absolute Gasteiger partial charge is 0.422 e. The van der Waals surface area contributed by atoms with Crippen LogP contribution in [0.1, 0.15) is 31.2 Å². The molecule has 0 heterocycles. The minimum Gasteiger partial charge on any atom is -0.484 e. The molecule has 0 aromatic heterocycles. The van der Waals surface area contributed by atoms with Gasteiger partial charge in [-0.25, -0.2) is 0 Å². The molecule has 2 rings (SSSR count). The van der Waals surface area contributed by atoms with Gasteiger partial charge >= 0.3 is 6.18 Å². The molecule has 0 radical (unpaired) electrons. The van der Waals surface area contributed by atoms with Crippen molar-refractivity contribution in [1.82, 2.24) is 5.32 Å². The quantitative estimate of drug-likeness (QED) is 0.905. The third-order valence-corrected chi connectivity index (χ3v) is 3.52. The second-order valence-corrected chi connectivity index (χ2v) is 5.25. The third kappa shape index (κ3) is 5.28. The Hall–Kier alpha value is -1.72. The molecule has 0 saturated heterocycles. The van der Waals surface area contributed by atoms with Crippen molar-refractivity contribution in [3.8, 4) is 5.75 Å². The van der Waals surface area contributed by atoms with Gasteiger partial charge in [0.1, 0.15) is 5.75 Å². The number of amides is 1. The SMILES string of the molecule is O=C(NCc1ccc(OCC(F)(F)F)cc1)C1CCCC1. The summed E-state index contributed by atoms with van der Waals surface area (Å²) in [4.78, 5) is 11.8. The molecule has 0 aliphatic heterocycles. The van der Waals surface area contributed by atoms with E-state index in [1.807, 2.05) is 0 Å². The van der Waals surface area contributed by atoms with Gasteiger partial charge < -0.3 is 10.1 Å². The second-order valence-electron chi connectivity index (χ2n) is 5.25. The topological polar surface area (TPSA) is 38.3 Å². The van der Waals surface area contributed by atoms with E-state index in [-0.39, 0.29) is 17.6 Å². The lowest BCUT2D eigenvalue weighted by atomic mass is 10.1. The van der Waals surface area contributed by atoms with Gasteiger partial charge in [0.2, 0.25) is 5.91 Å². The maximum atomic E-state index is 12.0. The van der Waals surface area contributed by atoms with Gasteiger partial charge in [-0.1, -0.05) is 25.0 Å². The minimum atomic E-state index is -4.34. The van der Waals surface area contributed by atoms with Crippen LogP contribution >= 0.6 is 0 Å². The molecule has 0 atom stereocenters. The van der Waals surface area contributed by atoms with Crippen molar-refractivity contribution in [3.05, 3.63) is 29.8 Å². The van der Waals surface area contributed by atoms with Crippen molar-refractivity contribution in [2.75, 3.05) is 6.61 Å². The minimum absolute atomic E-state index is 0.0601. The Morgan fingerprint density at radius 2 is 1.81 bits per heavy atom. The van der Waals surface area contributed by atoms with Crippen molar-refractivity contribution in [3.63, 3.8) is 0 Å². The van der Waals surface area contributed by atoms with E-state index in [0.717, 1.165) is 31.2 Å². The highest BCUT2D eigenvalue weighted by molar-refractivity contribution is 5.78. The van der Waals surface area contributed by atoms with Crippen LogP contribution in [0.25, 0.3) is 0 Å². The number of carbonyl (C=O) groups is 1. The second kappa shape index (κ2) is 6.83. The molecule has 116 valence electrons. The van der Waals surface area contributed by atoms with Crippen LogP contribution in [0.2, 0.25) is 0 Å². The van der Waals surface area contributed by atoms with Crippen LogP contribution in [0, 0.1) is 5.92 Å². The van der Waals surface area contributed by atoms with Crippen molar-refractivity contribution >= 4 is 5.91 Å². The molecule has 1 aromatic carbocycles. The molecule has 1 aromatic rings. The Bertz CT molecular complexity index is 465. The van der Waals surface area contributed by atoms with Crippen molar-refractivity contribution < 1.29 is 22.7 Å². The summed E-state index contributed by atoms with van der Waals surface area (Å²) in [5.41, 5.74) is 0.834. The maximum absolute atomic E-state index is 12.0. The zero-order valence-electron chi connectivity index (χ0n) is 11.6. The molecular weight excluding hydrogens is 283 g/mol. The van der Waals surface area contributed by atoms with Gasteiger partial charge in [-0.2, -0.15) is 13.2 Å². The van der Waals surface area contributed by atoms with Crippen molar-refractivity contribution in [2.45, 2.75) is 38.4 Å². The predicted molar refractivity (Wildman–Crippen MR) is 71.8 cm³/mol. The molecule has 1 amide bonds. The van der Waals surface area contributed by atoms with Crippen LogP contribution in [0.4, 0.5) is 13.2 Å². The monoisotopic (exact) mass is 301 g/mol. The van der Waals surface area contributed by atoms with E-state index in [1.54, 1.807) is 12.1 Å². The Morgan fingerprint density at radius 3 is 2.38 bits per heavy atom. The standard InChI is InChI=1S/C15H18F3NO2/c16-15(17,18)10-21-13-7-5-11(6-8-13)9-19-14(20)12-3-1-2-4-12/h5-8,12H,1-4,9-10H2,(H,19,20). The Balaban J connectivity index is 1.78. The van der Waals surface area contributed by atoms with Gasteiger partial charge in [-0.05, 0) is 30.5 Å². The van der Waals surface area contributed by atoms with E-state index in [0.29, 0.717) is 6.54 Å². The van der Waals surface area contributed by atoms with Gasteiger partial charge in [0.15, 0.2) is 6.61 Å². The first kappa shape index (κ1) is 15.7. The fraction of sp³-hybridized carbons (Fsp3) is 0.533. The lowest BCUT2D eigenvalue weighted by Crippen LogP contribution is -2.28. The number of alkyl halides is 3. The lowest BCUT2D eigenvalue weighted by Gasteiger charge is -2.11. The van der Waals surface area contributed by atoms with Gasteiger partial charge in [-0.15, -0.1) is 0 Å². The summed E-state index contributed by atoms with van der Waals surface area (Å²) in [6, 6.07) is 6.26. The molecule has 1 saturated carbocycles. The number of hydrogen-bond acceptors (Lipinski definition) is 2. The van der Waals surface area contributed by atoms with Crippen LogP contribution in [0.15, 0.2) is 24.3 Å². The number of ether oxygens (including phenoxy) is 1. The normalized spacial score (nSPS) is 16.0. The average molecular weight is 301 g/mol. The summed E-state index contributed by atoms with van der Waals surface area (Å²) in [5.74, 6) is 0.336. The third-order valence-electron chi connectivity index (χ3n) is 3.52. The summed E-state index contributed by atoms with van der Waals surface area (Å²) in [6.07, 6.45) is -0.257. The zero-order valence-corrected chi connectivity index (χ0v) is 11.6. The Kier molecular flexibility index (Phi) is 5.09. The van der Waals surface area contributed by atoms with Gasteiger partial charge in [0.05, 0.1) is 0 Å². The van der Waals surface area contributed by atoms with Crippen molar-refractivity contribution in [2.24, 2.45) is 5.92 Å². The number of nitrogens with one attached hydrogen (secondary N) is 1. The summed E-state index contributed by atoms with van der Waals surface area (Å²) in [5, 5.41) is 2.86. The number of benzene rings is 1. The van der Waals surface area contributed by atoms with Gasteiger partial charge in [0.25, 0.3) is 0 Å². The van der Waals surface area contributed by atoms with Crippen LogP contribution in [0.3, 0.4) is 0 Å². The molecule has 0 bridgehead atoms. The fourth-order valence-electron chi connectivity index (χ4n) is 2.39. The molecule has 3 nitrogen and oxygen atoms in total. The van der Waals surface area contributed by atoms with Crippen LogP contribution < -0.4 is 10.1 Å². The fourth-order valence-corrected chi connectivity index (χ4v) is 2.39. The van der Waals surface area contributed by atoms with Gasteiger partial charge in [-0.3, -0.25) is 4.79 Å². The van der Waals surface area contributed by atoms with Crippen LogP contribution in [0.5, 0.6) is 5.75 Å². The zero-order chi connectivity index (χ0) is 15.3. The highest BCUT2D eigenvalue weighted by atomic mass is 19.4. The molecule has 1 fully saturated rings. The first-order chi connectivity index (χ1) is 9.94. The number of halogens is 3. The molecule has 0 unspecified atom stereocenters. The van der Waals surface area contributed by atoms with E-state index in [1.165, 1.54) is 12.1 Å². The first-order valence-electron chi connectivity index (χ1n) is 7.00. The molecule has 1 aliphatic rings. The molecule has 1 N–H and O–H groups in total. The van der Waals surface area contributed by atoms with E-state index in [9.17, 15) is 18.0 Å². The average Bonchev–Trinajstić information content (AvgIpc) is 2.97. The van der Waals surface area contributed by atoms with Crippen molar-refractivity contribution in [1.29, 1.82) is 0 Å². The first-order valence-corrected chi connectivity index (χ1v) is 7.00. The molecule has 21 heavy (non-hydrogen) atoms. The van der Waals surface area contributed by atoms with E-state index >= 15 is 0 Å². The summed E-state index contributed by atoms with van der Waals surface area (Å²) in [7, 11) is 0. The van der Waals surface area contributed by atoms with Gasteiger partial charge in [0, 0.05) is 12.5 Å². The van der Waals surface area contributed by atoms with Crippen LogP contribution in [-0.4, -0.2) is 18.7 Å². The van der Waals surface area contributed by atoms with Crippen LogP contribution in [-0.2, 0) is 11.3 Å². The van der Waals surface area contributed by atoms with E-state index in [4.69, 9.17) is 0 Å². The number of hydrogen-bond donors (Lipinski definition) is 1. The summed E-state index contributed by atoms with van der Waals surface area (Å²) >= 11 is 0. The highest BCUT2D eigenvalue weighted by Gasteiger charge is 2.28. The number of rotatable bonds is 5. The van der Waals surface area contributed by atoms with E-state index < -0.39 is 12.8 Å². The maximum Gasteiger partial charge on any atom is 0.422 e. The van der Waals surface area contributed by atoms with E-state index in [2.05, 4.69) is 10.1 Å². The lowest BCUT2D eigenvalue weighted by molar-refractivity contribution is -0.153. The summed E-state index contributed by atoms with van der Waals surface area (Å²) < 4.78 is 40.6. The summed E-state index contributed by atoms with van der Waals surface area (Å²) in [6.45, 7) is -0.917. The number of carbonyl (C=O) groups excluding carboxylic acids is 1. The highest BCUT2D eigenvalue weighted by Crippen LogP contribution is 2.24.